The van der Waals surface area contributed by atoms with Gasteiger partial charge in [0.1, 0.15) is 6.61 Å². The monoisotopic (exact) mass is 575 g/mol. The van der Waals surface area contributed by atoms with E-state index in [-0.39, 0.29) is 11.4 Å². The SMILES string of the molecule is COc1ccccc1OC[C@H]1SCCN1[C@@H](C(N)=O)C(=O)NN1CCN(C(c2ccccc2)c2ccccc2)CC1. The van der Waals surface area contributed by atoms with Crippen LogP contribution >= 0.6 is 11.8 Å². The Hall–Kier alpha value is -3.57. The van der Waals surface area contributed by atoms with Gasteiger partial charge in [0.15, 0.2) is 17.5 Å². The molecule has 5 rings (SSSR count). The average Bonchev–Trinajstić information content (AvgIpc) is 3.46. The molecule has 9 nitrogen and oxygen atoms in total. The van der Waals surface area contributed by atoms with E-state index in [4.69, 9.17) is 15.2 Å². The summed E-state index contributed by atoms with van der Waals surface area (Å²) in [6.45, 7) is 3.62. The van der Waals surface area contributed by atoms with Gasteiger partial charge in [0.2, 0.25) is 5.91 Å². The van der Waals surface area contributed by atoms with Gasteiger partial charge in [-0.05, 0) is 23.3 Å². The summed E-state index contributed by atoms with van der Waals surface area (Å²) in [4.78, 5) is 30.3. The molecule has 0 unspecified atom stereocenters. The Kier molecular flexibility index (Phi) is 9.79. The van der Waals surface area contributed by atoms with E-state index in [2.05, 4.69) is 58.9 Å². The Morgan fingerprint density at radius 3 is 2.05 bits per heavy atom. The number of methoxy groups -OCH3 is 1. The lowest BCUT2D eigenvalue weighted by Gasteiger charge is -2.40. The van der Waals surface area contributed by atoms with Crippen LogP contribution in [0.5, 0.6) is 11.5 Å². The van der Waals surface area contributed by atoms with E-state index in [9.17, 15) is 9.59 Å². The molecule has 0 radical (unpaired) electrons. The summed E-state index contributed by atoms with van der Waals surface area (Å²) in [5, 5.41) is 1.70. The third-order valence-corrected chi connectivity index (χ3v) is 8.72. The van der Waals surface area contributed by atoms with Crippen LogP contribution in [-0.4, -0.2) is 90.2 Å². The molecule has 41 heavy (non-hydrogen) atoms. The zero-order valence-electron chi connectivity index (χ0n) is 23.2. The second kappa shape index (κ2) is 13.9. The highest BCUT2D eigenvalue weighted by molar-refractivity contribution is 8.00. The normalized spacial score (nSPS) is 19.1. The lowest BCUT2D eigenvalue weighted by atomic mass is 9.96. The minimum Gasteiger partial charge on any atom is -0.493 e. The van der Waals surface area contributed by atoms with Crippen molar-refractivity contribution in [1.29, 1.82) is 0 Å². The van der Waals surface area contributed by atoms with Gasteiger partial charge in [-0.1, -0.05) is 72.8 Å². The summed E-state index contributed by atoms with van der Waals surface area (Å²) < 4.78 is 11.4. The largest absolute Gasteiger partial charge is 0.493 e. The first-order valence-electron chi connectivity index (χ1n) is 13.9. The van der Waals surface area contributed by atoms with Crippen LogP contribution in [0, 0.1) is 0 Å². The number of carbonyl (C=O) groups is 2. The maximum absolute atomic E-state index is 13.4. The van der Waals surface area contributed by atoms with E-state index in [1.54, 1.807) is 18.9 Å². The summed E-state index contributed by atoms with van der Waals surface area (Å²) in [7, 11) is 1.59. The molecule has 2 aliphatic rings. The molecule has 2 amide bonds. The molecule has 2 atom stereocenters. The molecule has 2 saturated heterocycles. The quantitative estimate of drug-likeness (QED) is 0.337. The molecular formula is C31H37N5O4S. The van der Waals surface area contributed by atoms with Crippen LogP contribution in [0.15, 0.2) is 84.9 Å². The second-order valence-electron chi connectivity index (χ2n) is 10.1. The van der Waals surface area contributed by atoms with Crippen molar-refractivity contribution in [3.8, 4) is 11.5 Å². The number of carbonyl (C=O) groups excluding carboxylic acids is 2. The fourth-order valence-electron chi connectivity index (χ4n) is 5.51. The number of hydrazine groups is 1. The number of amides is 2. The number of thioether (sulfide) groups is 1. The molecule has 10 heteroatoms. The number of piperazine rings is 1. The van der Waals surface area contributed by atoms with Crippen molar-refractivity contribution in [2.75, 3.05) is 52.2 Å². The van der Waals surface area contributed by atoms with E-state index in [1.807, 2.05) is 46.3 Å². The standard InChI is InChI=1S/C31H37N5O4S/c1-39-25-14-8-9-15-26(25)40-22-27-36(20-21-41-27)29(30(32)37)31(38)33-35-18-16-34(17-19-35)28(23-10-4-2-5-11-23)24-12-6-3-7-13-24/h2-15,27-29H,16-22H2,1H3,(H2,32,37)(H,33,38)/t27-,29+/m1/s1. The second-order valence-corrected chi connectivity index (χ2v) is 11.3. The van der Waals surface area contributed by atoms with Gasteiger partial charge in [-0.25, -0.2) is 5.01 Å². The van der Waals surface area contributed by atoms with E-state index < -0.39 is 17.9 Å². The van der Waals surface area contributed by atoms with Crippen LogP contribution in [0.4, 0.5) is 0 Å². The van der Waals surface area contributed by atoms with E-state index in [0.717, 1.165) is 18.8 Å². The van der Waals surface area contributed by atoms with Crippen molar-refractivity contribution in [1.82, 2.24) is 20.2 Å². The lowest BCUT2D eigenvalue weighted by Crippen LogP contribution is -2.61. The molecule has 216 valence electrons. The van der Waals surface area contributed by atoms with Crippen LogP contribution in [0.3, 0.4) is 0 Å². The third kappa shape index (κ3) is 7.02. The van der Waals surface area contributed by atoms with Crippen molar-refractivity contribution in [3.05, 3.63) is 96.1 Å². The molecule has 2 heterocycles. The van der Waals surface area contributed by atoms with Gasteiger partial charge >= 0.3 is 0 Å². The zero-order valence-corrected chi connectivity index (χ0v) is 24.0. The third-order valence-electron chi connectivity index (χ3n) is 7.51. The maximum Gasteiger partial charge on any atom is 0.261 e. The van der Waals surface area contributed by atoms with Crippen molar-refractivity contribution in [2.45, 2.75) is 17.5 Å². The molecule has 0 aliphatic carbocycles. The van der Waals surface area contributed by atoms with Gasteiger partial charge in [0, 0.05) is 38.5 Å². The summed E-state index contributed by atoms with van der Waals surface area (Å²) >= 11 is 1.64. The van der Waals surface area contributed by atoms with Crippen LogP contribution < -0.4 is 20.6 Å². The van der Waals surface area contributed by atoms with Crippen molar-refractivity contribution in [3.63, 3.8) is 0 Å². The zero-order chi connectivity index (χ0) is 28.6. The van der Waals surface area contributed by atoms with Crippen LogP contribution in [0.25, 0.3) is 0 Å². The van der Waals surface area contributed by atoms with Crippen LogP contribution in [0.1, 0.15) is 17.2 Å². The number of benzene rings is 3. The molecule has 3 N–H and O–H groups in total. The predicted octanol–water partition coefficient (Wildman–Crippen LogP) is 2.74. The van der Waals surface area contributed by atoms with Gasteiger partial charge in [-0.15, -0.1) is 11.8 Å². The maximum atomic E-state index is 13.4. The predicted molar refractivity (Wildman–Crippen MR) is 160 cm³/mol. The number of nitrogens with two attached hydrogens (primary N) is 1. The minimum absolute atomic E-state index is 0.124. The number of hydrogen-bond donors (Lipinski definition) is 2. The highest BCUT2D eigenvalue weighted by Crippen LogP contribution is 2.31. The molecule has 3 aromatic carbocycles. The van der Waals surface area contributed by atoms with E-state index >= 15 is 0 Å². The summed E-state index contributed by atoms with van der Waals surface area (Å²) in [5.74, 6) is 0.949. The summed E-state index contributed by atoms with van der Waals surface area (Å²) in [6, 6.07) is 27.4. The van der Waals surface area contributed by atoms with Gasteiger partial charge in [-0.3, -0.25) is 24.8 Å². The Bertz CT molecular complexity index is 1250. The smallest absolute Gasteiger partial charge is 0.261 e. The molecule has 0 aromatic heterocycles. The van der Waals surface area contributed by atoms with Gasteiger partial charge in [0.25, 0.3) is 5.91 Å². The lowest BCUT2D eigenvalue weighted by molar-refractivity contribution is -0.139. The molecule has 2 aliphatic heterocycles. The topological polar surface area (TPSA) is 100 Å². The molecular weight excluding hydrogens is 538 g/mol. The number of nitrogens with one attached hydrogen (secondary N) is 1. The fraction of sp³-hybridized carbons (Fsp3) is 0.355. The minimum atomic E-state index is -1.09. The molecule has 2 fully saturated rings. The molecule has 0 bridgehead atoms. The van der Waals surface area contributed by atoms with Crippen molar-refractivity contribution in [2.24, 2.45) is 5.73 Å². The summed E-state index contributed by atoms with van der Waals surface area (Å²) in [6.07, 6.45) is 0. The van der Waals surface area contributed by atoms with Crippen LogP contribution in [0.2, 0.25) is 0 Å². The number of para-hydroxylation sites is 2. The van der Waals surface area contributed by atoms with E-state index in [1.165, 1.54) is 11.1 Å². The first kappa shape index (κ1) is 28.9. The molecule has 0 spiro atoms. The number of nitrogens with zero attached hydrogens (tertiary/aromatic N) is 3. The molecule has 0 saturated carbocycles. The first-order chi connectivity index (χ1) is 20.0. The molecule has 3 aromatic rings. The Morgan fingerprint density at radius 2 is 1.46 bits per heavy atom. The highest BCUT2D eigenvalue weighted by Gasteiger charge is 2.40. The Labute approximate surface area is 245 Å². The first-order valence-corrected chi connectivity index (χ1v) is 14.9. The number of rotatable bonds is 11. The van der Waals surface area contributed by atoms with Gasteiger partial charge < -0.3 is 15.2 Å². The van der Waals surface area contributed by atoms with Gasteiger partial charge in [-0.2, -0.15) is 0 Å². The number of ether oxygens (including phenoxy) is 2. The van der Waals surface area contributed by atoms with E-state index in [0.29, 0.717) is 37.7 Å². The number of primary amides is 1. The van der Waals surface area contributed by atoms with Crippen molar-refractivity contribution < 1.29 is 19.1 Å². The van der Waals surface area contributed by atoms with Gasteiger partial charge in [0.05, 0.1) is 18.5 Å². The van der Waals surface area contributed by atoms with Crippen molar-refractivity contribution >= 4 is 23.6 Å². The van der Waals surface area contributed by atoms with Crippen LogP contribution in [-0.2, 0) is 9.59 Å². The average molecular weight is 576 g/mol. The Morgan fingerprint density at radius 1 is 0.878 bits per heavy atom. The summed E-state index contributed by atoms with van der Waals surface area (Å²) in [5.41, 5.74) is 11.2. The Balaban J connectivity index is 1.20. The number of hydrogen-bond acceptors (Lipinski definition) is 8. The fourth-order valence-corrected chi connectivity index (χ4v) is 6.68. The highest BCUT2D eigenvalue weighted by atomic mass is 32.2.